The Hall–Kier alpha value is -0.660. The lowest BCUT2D eigenvalue weighted by Crippen LogP contribution is -2.26. The third-order valence-corrected chi connectivity index (χ3v) is 4.08. The van der Waals surface area contributed by atoms with Crippen molar-refractivity contribution in [3.05, 3.63) is 0 Å². The van der Waals surface area contributed by atoms with E-state index in [4.69, 9.17) is 0 Å². The largest absolute Gasteiger partial charge is 0.300 e. The normalized spacial score (nSPS) is 37.7. The monoisotopic (exact) mass is 180 g/mol. The van der Waals surface area contributed by atoms with Gasteiger partial charge in [0.25, 0.3) is 0 Å². The van der Waals surface area contributed by atoms with Crippen LogP contribution in [0.3, 0.4) is 0 Å². The standard InChI is InChI=1S/C11H16O2/c1-7-3-9(12)5-11(7)6-10(13)4-8(11)2/h7-8H,3-6H2,1-2H3/t7-,8-,11?/m1/s1. The van der Waals surface area contributed by atoms with Crippen molar-refractivity contribution in [1.29, 1.82) is 0 Å². The Morgan fingerprint density at radius 3 is 1.62 bits per heavy atom. The third kappa shape index (κ3) is 1.15. The molecule has 0 bridgehead atoms. The Morgan fingerprint density at radius 2 is 1.38 bits per heavy atom. The molecule has 13 heavy (non-hydrogen) atoms. The SMILES string of the molecule is C[C@@H]1CC(=O)CC12CC(=O)C[C@H]2C. The fourth-order valence-electron chi connectivity index (χ4n) is 3.21. The molecular weight excluding hydrogens is 164 g/mol. The summed E-state index contributed by atoms with van der Waals surface area (Å²) >= 11 is 0. The van der Waals surface area contributed by atoms with Crippen LogP contribution in [0.5, 0.6) is 0 Å². The lowest BCUT2D eigenvalue weighted by Gasteiger charge is -2.31. The van der Waals surface area contributed by atoms with E-state index in [1.165, 1.54) is 0 Å². The topological polar surface area (TPSA) is 34.1 Å². The number of hydrogen-bond acceptors (Lipinski definition) is 2. The summed E-state index contributed by atoms with van der Waals surface area (Å²) in [5, 5.41) is 0. The first-order valence-electron chi connectivity index (χ1n) is 5.08. The quantitative estimate of drug-likeness (QED) is 0.571. The molecule has 1 spiro atoms. The van der Waals surface area contributed by atoms with Gasteiger partial charge >= 0.3 is 0 Å². The molecule has 2 saturated carbocycles. The molecule has 2 aliphatic carbocycles. The maximum atomic E-state index is 11.4. The second kappa shape index (κ2) is 2.66. The van der Waals surface area contributed by atoms with Gasteiger partial charge in [-0.15, -0.1) is 0 Å². The molecule has 72 valence electrons. The smallest absolute Gasteiger partial charge is 0.133 e. The molecule has 0 aromatic rings. The number of rotatable bonds is 0. The molecule has 2 nitrogen and oxygen atoms in total. The lowest BCUT2D eigenvalue weighted by molar-refractivity contribution is -0.118. The minimum atomic E-state index is 0.0498. The van der Waals surface area contributed by atoms with Crippen LogP contribution in [-0.4, -0.2) is 11.6 Å². The van der Waals surface area contributed by atoms with Crippen LogP contribution in [0.4, 0.5) is 0 Å². The minimum absolute atomic E-state index is 0.0498. The molecule has 0 saturated heterocycles. The fourth-order valence-corrected chi connectivity index (χ4v) is 3.21. The van der Waals surface area contributed by atoms with Crippen molar-refractivity contribution < 1.29 is 9.59 Å². The first-order valence-corrected chi connectivity index (χ1v) is 5.08. The molecule has 0 radical (unpaired) electrons. The Morgan fingerprint density at radius 1 is 1.00 bits per heavy atom. The van der Waals surface area contributed by atoms with Crippen molar-refractivity contribution in [3.8, 4) is 0 Å². The van der Waals surface area contributed by atoms with Crippen LogP contribution in [0, 0.1) is 17.3 Å². The molecule has 2 atom stereocenters. The molecule has 2 rings (SSSR count). The predicted molar refractivity (Wildman–Crippen MR) is 49.2 cm³/mol. The fraction of sp³-hybridized carbons (Fsp3) is 0.818. The molecule has 0 aliphatic heterocycles. The van der Waals surface area contributed by atoms with E-state index in [9.17, 15) is 9.59 Å². The van der Waals surface area contributed by atoms with Crippen molar-refractivity contribution in [3.63, 3.8) is 0 Å². The summed E-state index contributed by atoms with van der Waals surface area (Å²) in [6.45, 7) is 4.25. The van der Waals surface area contributed by atoms with E-state index in [1.54, 1.807) is 0 Å². The number of hydrogen-bond donors (Lipinski definition) is 0. The second-order valence-corrected chi connectivity index (χ2v) is 4.87. The summed E-state index contributed by atoms with van der Waals surface area (Å²) in [6.07, 6.45) is 2.69. The van der Waals surface area contributed by atoms with Gasteiger partial charge in [-0.05, 0) is 17.3 Å². The van der Waals surface area contributed by atoms with Crippen molar-refractivity contribution in [2.45, 2.75) is 39.5 Å². The highest BCUT2D eigenvalue weighted by molar-refractivity contribution is 5.87. The van der Waals surface area contributed by atoms with E-state index in [0.29, 0.717) is 49.1 Å². The number of carbonyl (C=O) groups excluding carboxylic acids is 2. The highest BCUT2D eigenvalue weighted by Gasteiger charge is 2.52. The molecule has 0 amide bonds. The van der Waals surface area contributed by atoms with Gasteiger partial charge in [0.05, 0.1) is 0 Å². The first kappa shape index (κ1) is 8.92. The summed E-state index contributed by atoms with van der Waals surface area (Å²) in [4.78, 5) is 22.7. The van der Waals surface area contributed by atoms with Crippen molar-refractivity contribution in [2.24, 2.45) is 17.3 Å². The Bertz CT molecular complexity index is 239. The van der Waals surface area contributed by atoms with Crippen LogP contribution >= 0.6 is 0 Å². The molecular formula is C11H16O2. The van der Waals surface area contributed by atoms with E-state index in [2.05, 4.69) is 13.8 Å². The van der Waals surface area contributed by atoms with Gasteiger partial charge in [-0.2, -0.15) is 0 Å². The first-order chi connectivity index (χ1) is 6.04. The Kier molecular flexibility index (Phi) is 1.83. The number of ketones is 2. The summed E-state index contributed by atoms with van der Waals surface area (Å²) in [7, 11) is 0. The van der Waals surface area contributed by atoms with Gasteiger partial charge in [0.1, 0.15) is 11.6 Å². The van der Waals surface area contributed by atoms with Gasteiger partial charge in [-0.25, -0.2) is 0 Å². The number of carbonyl (C=O) groups is 2. The van der Waals surface area contributed by atoms with Gasteiger partial charge in [-0.3, -0.25) is 9.59 Å². The maximum absolute atomic E-state index is 11.4. The van der Waals surface area contributed by atoms with Crippen LogP contribution in [0.25, 0.3) is 0 Å². The van der Waals surface area contributed by atoms with Crippen molar-refractivity contribution in [2.75, 3.05) is 0 Å². The van der Waals surface area contributed by atoms with Crippen LogP contribution < -0.4 is 0 Å². The molecule has 2 fully saturated rings. The molecule has 0 unspecified atom stereocenters. The zero-order valence-electron chi connectivity index (χ0n) is 8.30. The molecule has 0 N–H and O–H groups in total. The van der Waals surface area contributed by atoms with Gasteiger partial charge in [0, 0.05) is 25.7 Å². The second-order valence-electron chi connectivity index (χ2n) is 4.87. The van der Waals surface area contributed by atoms with Crippen molar-refractivity contribution >= 4 is 11.6 Å². The summed E-state index contributed by atoms with van der Waals surface area (Å²) in [5.41, 5.74) is 0.0498. The summed E-state index contributed by atoms with van der Waals surface area (Å²) in [6, 6.07) is 0. The van der Waals surface area contributed by atoms with Gasteiger partial charge in [0.15, 0.2) is 0 Å². The van der Waals surface area contributed by atoms with Crippen LogP contribution in [0.1, 0.15) is 39.5 Å². The molecule has 0 aromatic heterocycles. The Labute approximate surface area is 78.7 Å². The Balaban J connectivity index is 2.29. The summed E-state index contributed by atoms with van der Waals surface area (Å²) < 4.78 is 0. The van der Waals surface area contributed by atoms with E-state index in [0.717, 1.165) is 0 Å². The van der Waals surface area contributed by atoms with E-state index >= 15 is 0 Å². The third-order valence-electron chi connectivity index (χ3n) is 4.08. The van der Waals surface area contributed by atoms with Crippen LogP contribution in [-0.2, 0) is 9.59 Å². The zero-order chi connectivity index (χ0) is 9.64. The highest BCUT2D eigenvalue weighted by Crippen LogP contribution is 2.54. The predicted octanol–water partition coefficient (Wildman–Crippen LogP) is 1.97. The lowest BCUT2D eigenvalue weighted by atomic mass is 9.71. The van der Waals surface area contributed by atoms with E-state index in [-0.39, 0.29) is 5.41 Å². The maximum Gasteiger partial charge on any atom is 0.133 e. The van der Waals surface area contributed by atoms with Crippen molar-refractivity contribution in [1.82, 2.24) is 0 Å². The summed E-state index contributed by atoms with van der Waals surface area (Å²) in [5.74, 6) is 1.55. The van der Waals surface area contributed by atoms with E-state index < -0.39 is 0 Å². The average Bonchev–Trinajstić information content (AvgIpc) is 2.40. The highest BCUT2D eigenvalue weighted by atomic mass is 16.1. The van der Waals surface area contributed by atoms with Crippen LogP contribution in [0.15, 0.2) is 0 Å². The van der Waals surface area contributed by atoms with Crippen LogP contribution in [0.2, 0.25) is 0 Å². The molecule has 2 aliphatic rings. The van der Waals surface area contributed by atoms with Gasteiger partial charge in [-0.1, -0.05) is 13.8 Å². The molecule has 0 heterocycles. The minimum Gasteiger partial charge on any atom is -0.300 e. The number of Topliss-reactive ketones (excluding diaryl/α,β-unsaturated/α-hetero) is 2. The van der Waals surface area contributed by atoms with E-state index in [1.807, 2.05) is 0 Å². The van der Waals surface area contributed by atoms with Gasteiger partial charge in [0.2, 0.25) is 0 Å². The average molecular weight is 180 g/mol. The van der Waals surface area contributed by atoms with Gasteiger partial charge < -0.3 is 0 Å². The molecule has 0 aromatic carbocycles. The molecule has 2 heteroatoms. The zero-order valence-corrected chi connectivity index (χ0v) is 8.30.